The van der Waals surface area contributed by atoms with Crippen molar-refractivity contribution in [3.63, 3.8) is 0 Å². The lowest BCUT2D eigenvalue weighted by molar-refractivity contribution is -0.139. The standard InChI is InChI=1S/C9H9FO2/c1-12-9(11)6-7-2-4-8(10)5-3-7/h2-5H,6H2,1H3/i10-1. The molecule has 3 heteroatoms. The zero-order chi connectivity index (χ0) is 8.97. The van der Waals surface area contributed by atoms with Gasteiger partial charge in [0.1, 0.15) is 5.82 Å². The minimum atomic E-state index is -0.318. The Hall–Kier alpha value is -1.38. The van der Waals surface area contributed by atoms with Gasteiger partial charge in [-0.25, -0.2) is 4.39 Å². The Kier molecular flexibility index (Phi) is 2.80. The molecule has 0 saturated heterocycles. The number of halogens is 1. The van der Waals surface area contributed by atoms with E-state index in [0.29, 0.717) is 0 Å². The van der Waals surface area contributed by atoms with Gasteiger partial charge in [-0.3, -0.25) is 4.79 Å². The molecule has 0 spiro atoms. The Bertz CT molecular complexity index is 266. The van der Waals surface area contributed by atoms with Crippen molar-refractivity contribution in [1.82, 2.24) is 0 Å². The summed E-state index contributed by atoms with van der Waals surface area (Å²) >= 11 is 0. The van der Waals surface area contributed by atoms with E-state index in [2.05, 4.69) is 4.74 Å². The van der Waals surface area contributed by atoms with Crippen molar-refractivity contribution >= 4 is 5.97 Å². The van der Waals surface area contributed by atoms with E-state index >= 15 is 0 Å². The summed E-state index contributed by atoms with van der Waals surface area (Å²) in [5.74, 6) is -0.620. The van der Waals surface area contributed by atoms with Crippen LogP contribution in [0.25, 0.3) is 0 Å². The molecule has 0 aliphatic rings. The van der Waals surface area contributed by atoms with Gasteiger partial charge in [0.15, 0.2) is 0 Å². The Morgan fingerprint density at radius 1 is 1.42 bits per heavy atom. The highest BCUT2D eigenvalue weighted by Crippen LogP contribution is 2.03. The molecule has 1 aromatic rings. The van der Waals surface area contributed by atoms with Gasteiger partial charge in [0, 0.05) is 0 Å². The SMILES string of the molecule is COC(=O)Cc1ccc([18F])cc1. The molecule has 64 valence electrons. The fourth-order valence-corrected chi connectivity index (χ4v) is 0.841. The highest BCUT2D eigenvalue weighted by Gasteiger charge is 2.01. The number of carbonyl (C=O) groups is 1. The first-order valence-corrected chi connectivity index (χ1v) is 3.53. The Morgan fingerprint density at radius 2 is 2.00 bits per heavy atom. The zero-order valence-electron chi connectivity index (χ0n) is 6.71. The molecule has 1 aromatic carbocycles. The largest absolute Gasteiger partial charge is 0.469 e. The number of hydrogen-bond acceptors (Lipinski definition) is 2. The first-order valence-electron chi connectivity index (χ1n) is 3.53. The molecule has 1 rings (SSSR count). The van der Waals surface area contributed by atoms with Gasteiger partial charge in [0.25, 0.3) is 0 Å². The van der Waals surface area contributed by atoms with Gasteiger partial charge in [0.2, 0.25) is 0 Å². The summed E-state index contributed by atoms with van der Waals surface area (Å²) in [5, 5.41) is 0. The van der Waals surface area contributed by atoms with Crippen LogP contribution in [-0.4, -0.2) is 13.1 Å². The number of esters is 1. The minimum absolute atomic E-state index is 0.191. The monoisotopic (exact) mass is 167 g/mol. The van der Waals surface area contributed by atoms with Gasteiger partial charge in [-0.1, -0.05) is 12.1 Å². The number of hydrogen-bond donors (Lipinski definition) is 0. The maximum atomic E-state index is 12.4. The predicted octanol–water partition coefficient (Wildman–Crippen LogP) is 1.54. The van der Waals surface area contributed by atoms with Gasteiger partial charge in [-0.15, -0.1) is 0 Å². The predicted molar refractivity (Wildman–Crippen MR) is 42.1 cm³/mol. The van der Waals surface area contributed by atoms with Gasteiger partial charge in [-0.2, -0.15) is 0 Å². The van der Waals surface area contributed by atoms with Crippen molar-refractivity contribution in [2.24, 2.45) is 0 Å². The maximum Gasteiger partial charge on any atom is 0.309 e. The van der Waals surface area contributed by atoms with Gasteiger partial charge < -0.3 is 4.74 Å². The molecule has 0 saturated carbocycles. The van der Waals surface area contributed by atoms with E-state index in [1.54, 1.807) is 12.1 Å². The van der Waals surface area contributed by atoms with E-state index in [1.165, 1.54) is 19.2 Å². The number of rotatable bonds is 2. The van der Waals surface area contributed by atoms with E-state index in [9.17, 15) is 9.18 Å². The van der Waals surface area contributed by atoms with Crippen LogP contribution in [-0.2, 0) is 16.0 Å². The highest BCUT2D eigenvalue weighted by molar-refractivity contribution is 5.72. The molecular formula is C9H9FO2. The van der Waals surface area contributed by atoms with Crippen molar-refractivity contribution in [3.05, 3.63) is 35.6 Å². The van der Waals surface area contributed by atoms with Gasteiger partial charge >= 0.3 is 5.97 Å². The molecule has 0 bridgehead atoms. The molecule has 0 radical (unpaired) electrons. The van der Waals surface area contributed by atoms with Gasteiger partial charge in [0.05, 0.1) is 13.5 Å². The molecule has 0 aliphatic heterocycles. The first kappa shape index (κ1) is 8.71. The molecule has 0 aromatic heterocycles. The number of carbonyl (C=O) groups excluding carboxylic acids is 1. The number of ether oxygens (including phenoxy) is 1. The second kappa shape index (κ2) is 3.85. The fourth-order valence-electron chi connectivity index (χ4n) is 0.841. The second-order valence-corrected chi connectivity index (χ2v) is 2.38. The summed E-state index contributed by atoms with van der Waals surface area (Å²) in [6.45, 7) is 0. The molecule has 0 amide bonds. The molecule has 0 fully saturated rings. The fraction of sp³-hybridized carbons (Fsp3) is 0.222. The molecule has 0 atom stereocenters. The Morgan fingerprint density at radius 3 is 2.50 bits per heavy atom. The molecular weight excluding hydrogens is 158 g/mol. The molecule has 0 heterocycles. The molecule has 2 nitrogen and oxygen atoms in total. The van der Waals surface area contributed by atoms with Crippen LogP contribution in [0.3, 0.4) is 0 Å². The average molecular weight is 167 g/mol. The van der Waals surface area contributed by atoms with Crippen LogP contribution in [0.15, 0.2) is 24.3 Å². The van der Waals surface area contributed by atoms with Crippen molar-refractivity contribution in [1.29, 1.82) is 0 Å². The summed E-state index contributed by atoms with van der Waals surface area (Å²) in [6.07, 6.45) is 0.191. The first-order chi connectivity index (χ1) is 5.72. The third-order valence-electron chi connectivity index (χ3n) is 1.49. The van der Waals surface area contributed by atoms with E-state index in [-0.39, 0.29) is 18.2 Å². The van der Waals surface area contributed by atoms with Crippen LogP contribution in [0.2, 0.25) is 0 Å². The second-order valence-electron chi connectivity index (χ2n) is 2.38. The van der Waals surface area contributed by atoms with E-state index in [4.69, 9.17) is 0 Å². The quantitative estimate of drug-likeness (QED) is 0.624. The average Bonchev–Trinajstić information content (AvgIpc) is 2.09. The van der Waals surface area contributed by atoms with E-state index in [1.807, 2.05) is 0 Å². The van der Waals surface area contributed by atoms with Crippen molar-refractivity contribution in [3.8, 4) is 0 Å². The maximum absolute atomic E-state index is 12.4. The molecule has 0 aliphatic carbocycles. The van der Waals surface area contributed by atoms with Crippen molar-refractivity contribution in [2.75, 3.05) is 7.11 Å². The third kappa shape index (κ3) is 2.34. The van der Waals surface area contributed by atoms with Crippen LogP contribution < -0.4 is 0 Å². The van der Waals surface area contributed by atoms with Crippen LogP contribution in [0.5, 0.6) is 0 Å². The summed E-state index contributed by atoms with van der Waals surface area (Å²) < 4.78 is 16.8. The van der Waals surface area contributed by atoms with Crippen LogP contribution in [0.1, 0.15) is 5.56 Å². The van der Waals surface area contributed by atoms with Crippen LogP contribution in [0.4, 0.5) is 4.39 Å². The summed E-state index contributed by atoms with van der Waals surface area (Å²) in [5.41, 5.74) is 0.753. The van der Waals surface area contributed by atoms with E-state index in [0.717, 1.165) is 5.56 Å². The highest BCUT2D eigenvalue weighted by atomic mass is 18.2. The topological polar surface area (TPSA) is 26.3 Å². The third-order valence-corrected chi connectivity index (χ3v) is 1.49. The lowest BCUT2D eigenvalue weighted by Crippen LogP contribution is -2.04. The smallest absolute Gasteiger partial charge is 0.309 e. The molecule has 0 unspecified atom stereocenters. The van der Waals surface area contributed by atoms with Crippen LogP contribution >= 0.6 is 0 Å². The molecule has 0 N–H and O–H groups in total. The lowest BCUT2D eigenvalue weighted by Gasteiger charge is -1.98. The zero-order valence-corrected chi connectivity index (χ0v) is 6.71. The number of methoxy groups -OCH3 is 1. The minimum Gasteiger partial charge on any atom is -0.469 e. The van der Waals surface area contributed by atoms with Crippen molar-refractivity contribution in [2.45, 2.75) is 6.42 Å². The van der Waals surface area contributed by atoms with Gasteiger partial charge in [-0.05, 0) is 17.7 Å². The Balaban J connectivity index is 2.64. The Labute approximate surface area is 70.0 Å². The van der Waals surface area contributed by atoms with E-state index < -0.39 is 0 Å². The molecule has 12 heavy (non-hydrogen) atoms. The summed E-state index contributed by atoms with van der Waals surface area (Å²) in [7, 11) is 1.33. The van der Waals surface area contributed by atoms with Crippen molar-refractivity contribution < 1.29 is 13.9 Å². The summed E-state index contributed by atoms with van der Waals surface area (Å²) in [6, 6.07) is 5.76. The van der Waals surface area contributed by atoms with Crippen LogP contribution in [0, 0.1) is 5.82 Å². The normalized spacial score (nSPS) is 9.50. The summed E-state index contributed by atoms with van der Waals surface area (Å²) in [4.78, 5) is 10.8. The lowest BCUT2D eigenvalue weighted by atomic mass is 10.1. The number of benzene rings is 1.